The van der Waals surface area contributed by atoms with Crippen LogP contribution in [0.1, 0.15) is 22.8 Å². The van der Waals surface area contributed by atoms with Gasteiger partial charge in [0.1, 0.15) is 6.04 Å². The van der Waals surface area contributed by atoms with Gasteiger partial charge in [-0.1, -0.05) is 22.0 Å². The Morgan fingerprint density at radius 1 is 1.44 bits per heavy atom. The van der Waals surface area contributed by atoms with E-state index in [1.807, 2.05) is 13.0 Å². The van der Waals surface area contributed by atoms with Crippen LogP contribution in [0.3, 0.4) is 0 Å². The molecule has 0 aromatic heterocycles. The fourth-order valence-corrected chi connectivity index (χ4v) is 1.57. The van der Waals surface area contributed by atoms with Gasteiger partial charge in [-0.2, -0.15) is 0 Å². The summed E-state index contributed by atoms with van der Waals surface area (Å²) >= 11 is 3.34. The van der Waals surface area contributed by atoms with Gasteiger partial charge in [0.25, 0.3) is 5.91 Å². The van der Waals surface area contributed by atoms with Gasteiger partial charge in [0.2, 0.25) is 5.91 Å². The van der Waals surface area contributed by atoms with Crippen molar-refractivity contribution in [1.82, 2.24) is 5.32 Å². The summed E-state index contributed by atoms with van der Waals surface area (Å²) in [5, 5.41) is 2.53. The van der Waals surface area contributed by atoms with Crippen LogP contribution < -0.4 is 11.1 Å². The van der Waals surface area contributed by atoms with Gasteiger partial charge in [-0.05, 0) is 31.5 Å². The Bertz CT molecular complexity index is 432. The first kappa shape index (κ1) is 12.7. The molecule has 86 valence electrons. The molecule has 0 fully saturated rings. The first-order chi connectivity index (χ1) is 7.43. The molecule has 2 amide bonds. The molecule has 0 radical (unpaired) electrons. The zero-order chi connectivity index (χ0) is 12.3. The van der Waals surface area contributed by atoms with Gasteiger partial charge in [-0.15, -0.1) is 0 Å². The van der Waals surface area contributed by atoms with Crippen LogP contribution in [-0.4, -0.2) is 17.9 Å². The Balaban J connectivity index is 2.89. The van der Waals surface area contributed by atoms with E-state index in [0.717, 1.165) is 10.0 Å². The molecule has 0 bridgehead atoms. The van der Waals surface area contributed by atoms with E-state index in [1.165, 1.54) is 0 Å². The maximum Gasteiger partial charge on any atom is 0.252 e. The lowest BCUT2D eigenvalue weighted by molar-refractivity contribution is -0.119. The molecular formula is C11H13BrN2O2. The molecule has 4 nitrogen and oxygen atoms in total. The highest BCUT2D eigenvalue weighted by atomic mass is 79.9. The molecule has 1 atom stereocenters. The molecule has 0 aliphatic carbocycles. The Labute approximate surface area is 102 Å². The number of hydrogen-bond donors (Lipinski definition) is 2. The third kappa shape index (κ3) is 2.82. The highest BCUT2D eigenvalue weighted by Gasteiger charge is 2.15. The molecule has 3 N–H and O–H groups in total. The SMILES string of the molecule is Cc1c(Br)cccc1C(=O)N[C@@H](C)C(N)=O. The zero-order valence-corrected chi connectivity index (χ0v) is 10.7. The summed E-state index contributed by atoms with van der Waals surface area (Å²) in [6, 6.07) is 4.64. The van der Waals surface area contributed by atoms with Crippen molar-refractivity contribution < 1.29 is 9.59 Å². The number of primary amides is 1. The van der Waals surface area contributed by atoms with Crippen molar-refractivity contribution >= 4 is 27.7 Å². The van der Waals surface area contributed by atoms with Crippen LogP contribution in [0.15, 0.2) is 22.7 Å². The summed E-state index contributed by atoms with van der Waals surface area (Å²) < 4.78 is 0.854. The fourth-order valence-electron chi connectivity index (χ4n) is 1.20. The second kappa shape index (κ2) is 5.12. The number of hydrogen-bond acceptors (Lipinski definition) is 2. The molecular weight excluding hydrogens is 272 g/mol. The van der Waals surface area contributed by atoms with E-state index >= 15 is 0 Å². The third-order valence-corrected chi connectivity index (χ3v) is 3.15. The van der Waals surface area contributed by atoms with Crippen LogP contribution in [0, 0.1) is 6.92 Å². The monoisotopic (exact) mass is 284 g/mol. The highest BCUT2D eigenvalue weighted by molar-refractivity contribution is 9.10. The number of amides is 2. The van der Waals surface area contributed by atoms with Crippen LogP contribution >= 0.6 is 15.9 Å². The summed E-state index contributed by atoms with van der Waals surface area (Å²) in [6.07, 6.45) is 0. The average molecular weight is 285 g/mol. The van der Waals surface area contributed by atoms with Crippen LogP contribution in [0.2, 0.25) is 0 Å². The molecule has 1 aromatic rings. The minimum absolute atomic E-state index is 0.301. The minimum Gasteiger partial charge on any atom is -0.368 e. The standard InChI is InChI=1S/C11H13BrN2O2/c1-6-8(4-3-5-9(6)12)11(16)14-7(2)10(13)15/h3-5,7H,1-2H3,(H2,13,15)(H,14,16)/t7-/m0/s1. The van der Waals surface area contributed by atoms with Gasteiger partial charge in [-0.3, -0.25) is 9.59 Å². The summed E-state index contributed by atoms with van der Waals surface area (Å²) in [7, 11) is 0. The Hall–Kier alpha value is -1.36. The van der Waals surface area contributed by atoms with Crippen LogP contribution in [-0.2, 0) is 4.79 Å². The second-order valence-electron chi connectivity index (χ2n) is 3.51. The molecule has 1 aromatic carbocycles. The minimum atomic E-state index is -0.675. The number of nitrogens with one attached hydrogen (secondary N) is 1. The number of carbonyl (C=O) groups excluding carboxylic acids is 2. The number of nitrogens with two attached hydrogens (primary N) is 1. The van der Waals surface area contributed by atoms with E-state index in [9.17, 15) is 9.59 Å². The quantitative estimate of drug-likeness (QED) is 0.880. The molecule has 0 spiro atoms. The van der Waals surface area contributed by atoms with Crippen molar-refractivity contribution in [3.05, 3.63) is 33.8 Å². The predicted molar refractivity (Wildman–Crippen MR) is 65.0 cm³/mol. The topological polar surface area (TPSA) is 72.2 Å². The van der Waals surface area contributed by atoms with Gasteiger partial charge in [-0.25, -0.2) is 0 Å². The van der Waals surface area contributed by atoms with Crippen molar-refractivity contribution in [2.24, 2.45) is 5.73 Å². The molecule has 0 aliphatic rings. The maximum absolute atomic E-state index is 11.8. The van der Waals surface area contributed by atoms with E-state index < -0.39 is 11.9 Å². The lowest BCUT2D eigenvalue weighted by Gasteiger charge is -2.12. The van der Waals surface area contributed by atoms with Gasteiger partial charge < -0.3 is 11.1 Å². The number of carbonyl (C=O) groups is 2. The number of rotatable bonds is 3. The molecule has 5 heteroatoms. The Morgan fingerprint density at radius 3 is 2.62 bits per heavy atom. The first-order valence-corrected chi connectivity index (χ1v) is 5.58. The van der Waals surface area contributed by atoms with E-state index in [1.54, 1.807) is 19.1 Å². The van der Waals surface area contributed by atoms with E-state index in [-0.39, 0.29) is 5.91 Å². The average Bonchev–Trinajstić information content (AvgIpc) is 2.21. The van der Waals surface area contributed by atoms with Crippen molar-refractivity contribution in [3.8, 4) is 0 Å². The third-order valence-electron chi connectivity index (χ3n) is 2.29. The Morgan fingerprint density at radius 2 is 2.06 bits per heavy atom. The summed E-state index contributed by atoms with van der Waals surface area (Å²) in [4.78, 5) is 22.6. The summed E-state index contributed by atoms with van der Waals surface area (Å²) in [5.74, 6) is -0.855. The summed E-state index contributed by atoms with van der Waals surface area (Å²) in [6.45, 7) is 3.38. The maximum atomic E-state index is 11.8. The molecule has 1 rings (SSSR count). The highest BCUT2D eigenvalue weighted by Crippen LogP contribution is 2.19. The van der Waals surface area contributed by atoms with Crippen molar-refractivity contribution in [3.63, 3.8) is 0 Å². The van der Waals surface area contributed by atoms with Gasteiger partial charge in [0, 0.05) is 10.0 Å². The van der Waals surface area contributed by atoms with Crippen molar-refractivity contribution in [2.45, 2.75) is 19.9 Å². The summed E-state index contributed by atoms with van der Waals surface area (Å²) in [5.41, 5.74) is 6.43. The second-order valence-corrected chi connectivity index (χ2v) is 4.36. The molecule has 16 heavy (non-hydrogen) atoms. The number of benzene rings is 1. The van der Waals surface area contributed by atoms with Crippen LogP contribution in [0.5, 0.6) is 0 Å². The van der Waals surface area contributed by atoms with Crippen molar-refractivity contribution in [1.29, 1.82) is 0 Å². The van der Waals surface area contributed by atoms with Gasteiger partial charge in [0.05, 0.1) is 0 Å². The van der Waals surface area contributed by atoms with Crippen LogP contribution in [0.4, 0.5) is 0 Å². The lowest BCUT2D eigenvalue weighted by atomic mass is 10.1. The lowest BCUT2D eigenvalue weighted by Crippen LogP contribution is -2.42. The molecule has 0 saturated heterocycles. The normalized spacial score (nSPS) is 11.9. The predicted octanol–water partition coefficient (Wildman–Crippen LogP) is 1.36. The van der Waals surface area contributed by atoms with E-state index in [0.29, 0.717) is 5.56 Å². The molecule has 0 saturated carbocycles. The molecule has 0 heterocycles. The largest absolute Gasteiger partial charge is 0.368 e. The van der Waals surface area contributed by atoms with Gasteiger partial charge >= 0.3 is 0 Å². The van der Waals surface area contributed by atoms with Gasteiger partial charge in [0.15, 0.2) is 0 Å². The van der Waals surface area contributed by atoms with E-state index in [4.69, 9.17) is 5.73 Å². The molecule has 0 aliphatic heterocycles. The zero-order valence-electron chi connectivity index (χ0n) is 9.08. The molecule has 0 unspecified atom stereocenters. The fraction of sp³-hybridized carbons (Fsp3) is 0.273. The number of halogens is 1. The van der Waals surface area contributed by atoms with Crippen molar-refractivity contribution in [2.75, 3.05) is 0 Å². The first-order valence-electron chi connectivity index (χ1n) is 4.78. The van der Waals surface area contributed by atoms with E-state index in [2.05, 4.69) is 21.2 Å². The van der Waals surface area contributed by atoms with Crippen LogP contribution in [0.25, 0.3) is 0 Å². The smallest absolute Gasteiger partial charge is 0.252 e. The Kier molecular flexibility index (Phi) is 4.06.